The van der Waals surface area contributed by atoms with E-state index in [1.165, 1.54) is 0 Å². The number of aliphatic hydroxyl groups is 1. The lowest BCUT2D eigenvalue weighted by Crippen LogP contribution is -2.56. The van der Waals surface area contributed by atoms with E-state index < -0.39 is 42.2 Å². The molecule has 0 fully saturated rings. The highest BCUT2D eigenvalue weighted by Crippen LogP contribution is 2.34. The van der Waals surface area contributed by atoms with Crippen LogP contribution in [0.3, 0.4) is 0 Å². The lowest BCUT2D eigenvalue weighted by atomic mass is 9.73. The molecular weight excluding hydrogens is 208 g/mol. The Morgan fingerprint density at radius 1 is 1.20 bits per heavy atom. The van der Waals surface area contributed by atoms with Crippen molar-refractivity contribution in [2.45, 2.75) is 25.8 Å². The molecule has 2 unspecified atom stereocenters. The Balaban J connectivity index is 6.06. The Bertz CT molecular complexity index is 391. The third-order valence-electron chi connectivity index (χ3n) is 2.02. The second kappa shape index (κ2) is 3.85. The van der Waals surface area contributed by atoms with E-state index in [2.05, 4.69) is 0 Å². The molecule has 0 bridgehead atoms. The van der Waals surface area contributed by atoms with Crippen LogP contribution in [0.1, 0.15) is 24.3 Å². The van der Waals surface area contributed by atoms with E-state index in [1.807, 2.05) is 0 Å². The van der Waals surface area contributed by atoms with Gasteiger partial charge in [-0.1, -0.05) is 0 Å². The van der Waals surface area contributed by atoms with Crippen molar-refractivity contribution in [3.05, 3.63) is 0 Å². The van der Waals surface area contributed by atoms with Gasteiger partial charge in [0.2, 0.25) is 0 Å². The third-order valence-corrected chi connectivity index (χ3v) is 2.02. The average Bonchev–Trinajstić information content (AvgIpc) is 2.12. The predicted molar refractivity (Wildman–Crippen MR) is 46.3 cm³/mol. The summed E-state index contributed by atoms with van der Waals surface area (Å²) in [6, 6.07) is 0. The third kappa shape index (κ3) is 2.24. The summed E-state index contributed by atoms with van der Waals surface area (Å²) in [7, 11) is 0. The molecule has 15 heavy (non-hydrogen) atoms. The van der Waals surface area contributed by atoms with Gasteiger partial charge in [-0.05, 0) is 13.8 Å². The molecule has 0 aliphatic heterocycles. The number of carboxylic acid groups (broad SMARTS) is 3. The first-order chi connectivity index (χ1) is 7.80. The second-order valence-corrected chi connectivity index (χ2v) is 3.17. The van der Waals surface area contributed by atoms with Crippen LogP contribution < -0.4 is 0 Å². The zero-order chi connectivity index (χ0) is 14.9. The lowest BCUT2D eigenvalue weighted by molar-refractivity contribution is -0.189. The summed E-state index contributed by atoms with van der Waals surface area (Å²) in [5.41, 5.74) is -6.62. The molecule has 0 saturated heterocycles. The molecule has 7 heteroatoms. The molecule has 0 aromatic rings. The van der Waals surface area contributed by atoms with E-state index in [9.17, 15) is 19.5 Å². The predicted octanol–water partition coefficient (Wildman–Crippen LogP) is -0.612. The lowest BCUT2D eigenvalue weighted by Gasteiger charge is -2.34. The maximum Gasteiger partial charge on any atom is 0.337 e. The van der Waals surface area contributed by atoms with E-state index in [1.54, 1.807) is 0 Å². The van der Waals surface area contributed by atoms with Crippen LogP contribution in [0, 0.1) is 5.41 Å². The molecule has 0 spiro atoms. The fourth-order valence-electron chi connectivity index (χ4n) is 0.862. The first kappa shape index (κ1) is 8.66. The molecule has 0 aromatic heterocycles. The van der Waals surface area contributed by atoms with E-state index in [0.29, 0.717) is 6.92 Å². The molecule has 0 heterocycles. The van der Waals surface area contributed by atoms with Gasteiger partial charge >= 0.3 is 17.9 Å². The van der Waals surface area contributed by atoms with Crippen LogP contribution in [0.4, 0.5) is 0 Å². The van der Waals surface area contributed by atoms with Crippen LogP contribution in [0.5, 0.6) is 0 Å². The van der Waals surface area contributed by atoms with Gasteiger partial charge in [-0.3, -0.25) is 9.59 Å². The van der Waals surface area contributed by atoms with Gasteiger partial charge < -0.3 is 20.4 Å². The number of aliphatic carboxylic acids is 3. The average molecular weight is 223 g/mol. The summed E-state index contributed by atoms with van der Waals surface area (Å²) in [6.45, 7) is -2.94. The zero-order valence-corrected chi connectivity index (χ0v) is 7.72. The molecule has 0 amide bonds. The van der Waals surface area contributed by atoms with E-state index in [0.717, 1.165) is 0 Å². The van der Waals surface area contributed by atoms with Gasteiger partial charge in [0.15, 0.2) is 5.60 Å². The quantitative estimate of drug-likeness (QED) is 0.488. The fourth-order valence-corrected chi connectivity index (χ4v) is 0.862. The van der Waals surface area contributed by atoms with Crippen LogP contribution in [-0.2, 0) is 14.4 Å². The van der Waals surface area contributed by atoms with Gasteiger partial charge in [0, 0.05) is 4.11 Å². The summed E-state index contributed by atoms with van der Waals surface area (Å²) in [5, 5.41) is 36.0. The Morgan fingerprint density at radius 2 is 1.67 bits per heavy atom. The van der Waals surface area contributed by atoms with Gasteiger partial charge in [-0.15, -0.1) is 0 Å². The van der Waals surface area contributed by atoms with Crippen molar-refractivity contribution in [1.82, 2.24) is 0 Å². The zero-order valence-electron chi connectivity index (χ0n) is 10.7. The van der Waals surface area contributed by atoms with Crippen molar-refractivity contribution in [3.63, 3.8) is 0 Å². The normalized spacial score (nSPS) is 22.4. The largest absolute Gasteiger partial charge is 0.481 e. The standard InChI is InChI=1S/C8H12O7/c1-7(2,5(11)12)8(15,6(13)14)3-4(9)10/h15H,3H2,1-2H3,(H,9,10)(H,11,12)(H,13,14)/i1D3. The van der Waals surface area contributed by atoms with E-state index >= 15 is 0 Å². The first-order valence-corrected chi connectivity index (χ1v) is 3.71. The summed E-state index contributed by atoms with van der Waals surface area (Å²) < 4.78 is 21.1. The Labute approximate surface area is 89.2 Å². The number of carboxylic acids is 3. The van der Waals surface area contributed by atoms with Crippen molar-refractivity contribution in [2.75, 3.05) is 0 Å². The molecule has 0 aromatic carbocycles. The Morgan fingerprint density at radius 3 is 1.87 bits per heavy atom. The maximum absolute atomic E-state index is 11.0. The van der Waals surface area contributed by atoms with Gasteiger partial charge in [0.05, 0.1) is 6.42 Å². The molecular formula is C8H12O7. The minimum Gasteiger partial charge on any atom is -0.481 e. The molecule has 0 radical (unpaired) electrons. The summed E-state index contributed by atoms with van der Waals surface area (Å²) in [4.78, 5) is 32.5. The molecule has 0 aliphatic rings. The molecule has 86 valence electrons. The van der Waals surface area contributed by atoms with Crippen molar-refractivity contribution in [2.24, 2.45) is 5.41 Å². The van der Waals surface area contributed by atoms with Gasteiger partial charge in [0.1, 0.15) is 5.41 Å². The number of hydrogen-bond acceptors (Lipinski definition) is 4. The van der Waals surface area contributed by atoms with Gasteiger partial charge in [-0.25, -0.2) is 4.79 Å². The highest BCUT2D eigenvalue weighted by Gasteiger charge is 2.56. The Hall–Kier alpha value is -1.63. The minimum atomic E-state index is -3.46. The van der Waals surface area contributed by atoms with Gasteiger partial charge in [-0.2, -0.15) is 0 Å². The SMILES string of the molecule is [2H]C([2H])([2H])C(C)(C(=O)O)C(O)(CC(=O)O)C(=O)O. The molecule has 0 rings (SSSR count). The highest BCUT2D eigenvalue weighted by molar-refractivity contribution is 5.91. The topological polar surface area (TPSA) is 132 Å². The number of rotatable bonds is 5. The molecule has 7 nitrogen and oxygen atoms in total. The van der Waals surface area contributed by atoms with Crippen LogP contribution in [0.2, 0.25) is 0 Å². The fraction of sp³-hybridized carbons (Fsp3) is 0.625. The second-order valence-electron chi connectivity index (χ2n) is 3.17. The summed E-state index contributed by atoms with van der Waals surface area (Å²) in [6.07, 6.45) is -1.55. The monoisotopic (exact) mass is 223 g/mol. The van der Waals surface area contributed by atoms with Crippen LogP contribution in [-0.4, -0.2) is 43.9 Å². The summed E-state index contributed by atoms with van der Waals surface area (Å²) >= 11 is 0. The summed E-state index contributed by atoms with van der Waals surface area (Å²) in [5.74, 6) is -6.20. The Kier molecular flexibility index (Phi) is 2.23. The first-order valence-electron chi connectivity index (χ1n) is 5.21. The van der Waals surface area contributed by atoms with Crippen molar-refractivity contribution in [1.29, 1.82) is 0 Å². The van der Waals surface area contributed by atoms with Gasteiger partial charge in [0.25, 0.3) is 0 Å². The van der Waals surface area contributed by atoms with Crippen molar-refractivity contribution in [3.8, 4) is 0 Å². The van der Waals surface area contributed by atoms with Crippen molar-refractivity contribution >= 4 is 17.9 Å². The molecule has 4 N–H and O–H groups in total. The highest BCUT2D eigenvalue weighted by atomic mass is 16.4. The molecule has 0 saturated carbocycles. The molecule has 0 aliphatic carbocycles. The molecule has 2 atom stereocenters. The number of hydrogen-bond donors (Lipinski definition) is 4. The maximum atomic E-state index is 11.0. The van der Waals surface area contributed by atoms with Crippen LogP contribution in [0.25, 0.3) is 0 Å². The van der Waals surface area contributed by atoms with Crippen LogP contribution >= 0.6 is 0 Å². The number of carbonyl (C=O) groups is 3. The van der Waals surface area contributed by atoms with E-state index in [-0.39, 0.29) is 0 Å². The smallest absolute Gasteiger partial charge is 0.337 e. The van der Waals surface area contributed by atoms with Crippen molar-refractivity contribution < 1.29 is 38.9 Å². The van der Waals surface area contributed by atoms with Crippen LogP contribution in [0.15, 0.2) is 0 Å². The van der Waals surface area contributed by atoms with E-state index in [4.69, 9.17) is 19.4 Å². The minimum absolute atomic E-state index is 0.472.